The van der Waals surface area contributed by atoms with Crippen LogP contribution in [0.3, 0.4) is 0 Å². The number of hydrogen-bond acceptors (Lipinski definition) is 4. The second-order valence-corrected chi connectivity index (χ2v) is 10.3. The van der Waals surface area contributed by atoms with E-state index in [4.69, 9.17) is 4.74 Å². The lowest BCUT2D eigenvalue weighted by Crippen LogP contribution is -2.24. The zero-order valence-electron chi connectivity index (χ0n) is 14.8. The van der Waals surface area contributed by atoms with Crippen molar-refractivity contribution >= 4 is 34.8 Å². The number of fused-ring (bicyclic) bond motifs is 1. The molecule has 0 atom stereocenters. The Kier molecular flexibility index (Phi) is 5.45. The Labute approximate surface area is 150 Å². The SMILES string of the molecule is COc1cc2sc(C(=O)CC(C)(C)P(=O)(O)O)cc2c(F)c1C(C)C. The molecule has 1 aromatic heterocycles. The maximum absolute atomic E-state index is 14.9. The first kappa shape index (κ1) is 20.0. The molecule has 0 aliphatic carbocycles. The van der Waals surface area contributed by atoms with Crippen molar-refractivity contribution in [3.63, 3.8) is 0 Å². The van der Waals surface area contributed by atoms with E-state index in [1.807, 2.05) is 13.8 Å². The summed E-state index contributed by atoms with van der Waals surface area (Å²) in [7, 11) is -2.96. The molecular weight excluding hydrogens is 366 g/mol. The molecule has 25 heavy (non-hydrogen) atoms. The number of halogens is 1. The van der Waals surface area contributed by atoms with Crippen LogP contribution in [0.5, 0.6) is 5.75 Å². The molecule has 0 bridgehead atoms. The predicted octanol–water partition coefficient (Wildman–Crippen LogP) is 4.70. The number of methoxy groups -OCH3 is 1. The van der Waals surface area contributed by atoms with E-state index in [9.17, 15) is 23.5 Å². The molecule has 0 unspecified atom stereocenters. The first-order valence-corrected chi connectivity index (χ1v) is 10.2. The van der Waals surface area contributed by atoms with Crippen molar-refractivity contribution in [2.45, 2.75) is 45.2 Å². The second-order valence-electron chi connectivity index (χ2n) is 6.94. The molecule has 0 aliphatic rings. The molecule has 2 aromatic rings. The number of benzene rings is 1. The molecule has 1 aromatic carbocycles. The van der Waals surface area contributed by atoms with Crippen LogP contribution in [0.2, 0.25) is 0 Å². The van der Waals surface area contributed by atoms with Crippen molar-refractivity contribution in [1.29, 1.82) is 0 Å². The van der Waals surface area contributed by atoms with Gasteiger partial charge in [-0.25, -0.2) is 4.39 Å². The summed E-state index contributed by atoms with van der Waals surface area (Å²) in [6.07, 6.45) is -0.320. The lowest BCUT2D eigenvalue weighted by atomic mass is 9.99. The van der Waals surface area contributed by atoms with Crippen molar-refractivity contribution in [2.75, 3.05) is 7.11 Å². The molecular formula is C17H22FO5PS. The van der Waals surface area contributed by atoms with Crippen molar-refractivity contribution < 1.29 is 28.3 Å². The van der Waals surface area contributed by atoms with Crippen LogP contribution in [0, 0.1) is 5.82 Å². The zero-order valence-corrected chi connectivity index (χ0v) is 16.5. The average Bonchev–Trinajstić information content (AvgIpc) is 2.89. The molecule has 0 spiro atoms. The molecule has 0 aliphatic heterocycles. The molecule has 0 saturated heterocycles. The number of ether oxygens (including phenoxy) is 1. The summed E-state index contributed by atoms with van der Waals surface area (Å²) in [6.45, 7) is 6.40. The van der Waals surface area contributed by atoms with Gasteiger partial charge in [-0.3, -0.25) is 9.36 Å². The summed E-state index contributed by atoms with van der Waals surface area (Å²) in [4.78, 5) is 31.5. The Bertz CT molecular complexity index is 866. The van der Waals surface area contributed by atoms with E-state index in [0.717, 1.165) is 11.3 Å². The quantitative estimate of drug-likeness (QED) is 0.553. The van der Waals surface area contributed by atoms with Crippen LogP contribution in [0.4, 0.5) is 4.39 Å². The van der Waals surface area contributed by atoms with Gasteiger partial charge in [0.15, 0.2) is 5.78 Å². The van der Waals surface area contributed by atoms with Crippen molar-refractivity contribution in [3.8, 4) is 5.75 Å². The third-order valence-corrected chi connectivity index (χ3v) is 7.07. The van der Waals surface area contributed by atoms with E-state index in [1.165, 1.54) is 27.0 Å². The molecule has 2 N–H and O–H groups in total. The molecule has 0 radical (unpaired) electrons. The van der Waals surface area contributed by atoms with E-state index in [-0.39, 0.29) is 17.2 Å². The fourth-order valence-corrected chi connectivity index (χ4v) is 3.93. The number of ketones is 1. The van der Waals surface area contributed by atoms with Crippen molar-refractivity contribution in [3.05, 3.63) is 28.4 Å². The minimum atomic E-state index is -4.43. The third kappa shape index (κ3) is 3.80. The molecule has 5 nitrogen and oxygen atoms in total. The third-order valence-electron chi connectivity index (χ3n) is 4.22. The molecule has 2 rings (SSSR count). The van der Waals surface area contributed by atoms with Gasteiger partial charge in [0.1, 0.15) is 11.6 Å². The number of thiophene rings is 1. The van der Waals surface area contributed by atoms with Crippen molar-refractivity contribution in [2.24, 2.45) is 0 Å². The van der Waals surface area contributed by atoms with E-state index in [0.29, 0.717) is 21.4 Å². The lowest BCUT2D eigenvalue weighted by molar-refractivity contribution is 0.0970. The summed E-state index contributed by atoms with van der Waals surface area (Å²) >= 11 is 1.10. The maximum atomic E-state index is 14.9. The molecule has 138 valence electrons. The Morgan fingerprint density at radius 2 is 1.96 bits per heavy atom. The van der Waals surface area contributed by atoms with Crippen molar-refractivity contribution in [1.82, 2.24) is 0 Å². The monoisotopic (exact) mass is 388 g/mol. The lowest BCUT2D eigenvalue weighted by Gasteiger charge is -2.24. The normalized spacial score (nSPS) is 12.8. The van der Waals surface area contributed by atoms with Crippen LogP contribution in [0.15, 0.2) is 12.1 Å². The summed E-state index contributed by atoms with van der Waals surface area (Å²) in [5.74, 6) is -0.503. The first-order valence-electron chi connectivity index (χ1n) is 7.78. The number of carbonyl (C=O) groups is 1. The van der Waals surface area contributed by atoms with E-state index >= 15 is 0 Å². The fourth-order valence-electron chi connectivity index (χ4n) is 2.56. The maximum Gasteiger partial charge on any atom is 0.331 e. The van der Waals surface area contributed by atoms with Gasteiger partial charge < -0.3 is 14.5 Å². The number of Topliss-reactive ketones (excluding diaryl/α,β-unsaturated/α-hetero) is 1. The van der Waals surface area contributed by atoms with Gasteiger partial charge in [-0.1, -0.05) is 13.8 Å². The first-order chi connectivity index (χ1) is 11.4. The highest BCUT2D eigenvalue weighted by Crippen LogP contribution is 2.52. The topological polar surface area (TPSA) is 83.8 Å². The Morgan fingerprint density at radius 3 is 2.44 bits per heavy atom. The predicted molar refractivity (Wildman–Crippen MR) is 97.5 cm³/mol. The van der Waals surface area contributed by atoms with Gasteiger partial charge in [0, 0.05) is 22.1 Å². The van der Waals surface area contributed by atoms with E-state index in [2.05, 4.69) is 0 Å². The van der Waals surface area contributed by atoms with Gasteiger partial charge >= 0.3 is 7.60 Å². The average molecular weight is 388 g/mol. The second kappa shape index (κ2) is 6.80. The summed E-state index contributed by atoms with van der Waals surface area (Å²) in [6, 6.07) is 3.15. The zero-order chi connectivity index (χ0) is 19.2. The van der Waals surface area contributed by atoms with Crippen LogP contribution in [-0.2, 0) is 4.57 Å². The van der Waals surface area contributed by atoms with Gasteiger partial charge in [-0.15, -0.1) is 11.3 Å². The van der Waals surface area contributed by atoms with Gasteiger partial charge in [-0.2, -0.15) is 0 Å². The molecule has 0 fully saturated rings. The summed E-state index contributed by atoms with van der Waals surface area (Å²) < 4.78 is 32.2. The van der Waals surface area contributed by atoms with E-state index in [1.54, 1.807) is 6.07 Å². The van der Waals surface area contributed by atoms with Gasteiger partial charge in [0.25, 0.3) is 0 Å². The fraction of sp³-hybridized carbons (Fsp3) is 0.471. The van der Waals surface area contributed by atoms with Crippen LogP contribution >= 0.6 is 18.9 Å². The summed E-state index contributed by atoms with van der Waals surface area (Å²) in [5, 5.41) is -1.15. The minimum absolute atomic E-state index is 0.0907. The van der Waals surface area contributed by atoms with Gasteiger partial charge in [0.05, 0.1) is 17.1 Å². The number of hydrogen-bond donors (Lipinski definition) is 2. The van der Waals surface area contributed by atoms with E-state index < -0.39 is 24.4 Å². The highest BCUT2D eigenvalue weighted by Gasteiger charge is 2.40. The van der Waals surface area contributed by atoms with Crippen LogP contribution in [-0.4, -0.2) is 27.8 Å². The molecule has 0 saturated carbocycles. The minimum Gasteiger partial charge on any atom is -0.496 e. The standard InChI is InChI=1S/C17H22FO5PS/c1-9(2)15-12(23-5)7-13-10(16(15)18)6-14(25-13)11(19)8-17(3,4)24(20,21)22/h6-7,9H,8H2,1-5H3,(H2,20,21,22). The molecule has 0 amide bonds. The Hall–Kier alpha value is -1.27. The Morgan fingerprint density at radius 1 is 1.36 bits per heavy atom. The van der Waals surface area contributed by atoms with Crippen LogP contribution in [0.1, 0.15) is 55.3 Å². The smallest absolute Gasteiger partial charge is 0.331 e. The Balaban J connectivity index is 2.50. The number of carbonyl (C=O) groups excluding carboxylic acids is 1. The van der Waals surface area contributed by atoms with Crippen LogP contribution in [0.25, 0.3) is 10.1 Å². The molecule has 8 heteroatoms. The highest BCUT2D eigenvalue weighted by atomic mass is 32.1. The summed E-state index contributed by atoms with van der Waals surface area (Å²) in [5.41, 5.74) is 0.447. The number of rotatable bonds is 6. The largest absolute Gasteiger partial charge is 0.496 e. The van der Waals surface area contributed by atoms with Crippen LogP contribution < -0.4 is 4.74 Å². The van der Waals surface area contributed by atoms with Gasteiger partial charge in [-0.05, 0) is 31.9 Å². The van der Waals surface area contributed by atoms with Gasteiger partial charge in [0.2, 0.25) is 0 Å². The highest BCUT2D eigenvalue weighted by molar-refractivity contribution is 7.53. The molecule has 1 heterocycles.